The lowest BCUT2D eigenvalue weighted by molar-refractivity contribution is -0.134. The maximum Gasteiger partial charge on any atom is 0.238 e. The van der Waals surface area contributed by atoms with E-state index in [2.05, 4.69) is 30.8 Å². The fourth-order valence-electron chi connectivity index (χ4n) is 4.20. The third kappa shape index (κ3) is 1.88. The molecule has 0 radical (unpaired) electrons. The third-order valence-electron chi connectivity index (χ3n) is 5.73. The lowest BCUT2D eigenvalue weighted by atomic mass is 9.45. The van der Waals surface area contributed by atoms with E-state index in [4.69, 9.17) is 0 Å². The molecule has 1 unspecified atom stereocenters. The maximum absolute atomic E-state index is 12.2. The largest absolute Gasteiger partial charge is 0.352 e. The monoisotopic (exact) mass is 268 g/mol. The molecular weight excluding hydrogens is 244 g/mol. The molecule has 4 rings (SSSR count). The van der Waals surface area contributed by atoms with Crippen molar-refractivity contribution < 1.29 is 4.79 Å². The topological polar surface area (TPSA) is 41.1 Å². The van der Waals surface area contributed by atoms with Crippen molar-refractivity contribution in [1.29, 1.82) is 0 Å². The summed E-state index contributed by atoms with van der Waals surface area (Å²) in [6, 6.07) is 0.440. The molecule has 3 nitrogen and oxygen atoms in total. The average Bonchev–Trinajstić information content (AvgIpc) is 2.84. The zero-order chi connectivity index (χ0) is 12.9. The molecule has 0 aromatic rings. The second kappa shape index (κ2) is 4.41. The number of rotatable bonds is 2. The zero-order valence-electron chi connectivity index (χ0n) is 11.5. The Morgan fingerprint density at radius 1 is 1.39 bits per heavy atom. The van der Waals surface area contributed by atoms with Gasteiger partial charge in [-0.05, 0) is 42.4 Å². The van der Waals surface area contributed by atoms with Crippen molar-refractivity contribution in [2.75, 3.05) is 5.75 Å². The molecule has 4 aliphatic rings. The smallest absolute Gasteiger partial charge is 0.238 e. The van der Waals surface area contributed by atoms with Gasteiger partial charge in [-0.1, -0.05) is 32.7 Å². The number of fused-ring (bicyclic) bond motifs is 2. The molecule has 5 atom stereocenters. The van der Waals surface area contributed by atoms with Crippen molar-refractivity contribution in [2.24, 2.45) is 23.2 Å². The summed E-state index contributed by atoms with van der Waals surface area (Å²) in [6.45, 7) is 7.12. The number of hydrogen-bond acceptors (Lipinski definition) is 3. The van der Waals surface area contributed by atoms with Gasteiger partial charge >= 0.3 is 0 Å². The summed E-state index contributed by atoms with van der Waals surface area (Å²) in [6.07, 6.45) is 3.52. The molecule has 18 heavy (non-hydrogen) atoms. The lowest BCUT2D eigenvalue weighted by Gasteiger charge is -2.62. The van der Waals surface area contributed by atoms with E-state index in [1.807, 2.05) is 0 Å². The van der Waals surface area contributed by atoms with Crippen LogP contribution in [0.2, 0.25) is 0 Å². The average molecular weight is 268 g/mol. The van der Waals surface area contributed by atoms with Crippen LogP contribution in [0, 0.1) is 23.2 Å². The zero-order valence-corrected chi connectivity index (χ0v) is 12.3. The molecule has 2 bridgehead atoms. The molecule has 3 aliphatic carbocycles. The van der Waals surface area contributed by atoms with Crippen LogP contribution in [-0.4, -0.2) is 23.7 Å². The van der Waals surface area contributed by atoms with E-state index in [1.54, 1.807) is 11.9 Å². The molecule has 1 aliphatic heterocycles. The van der Waals surface area contributed by atoms with Crippen LogP contribution in [0.3, 0.4) is 0 Å². The fraction of sp³-hybridized carbons (Fsp3) is 0.929. The third-order valence-corrected chi connectivity index (χ3v) is 6.62. The Labute approximate surface area is 114 Å². The van der Waals surface area contributed by atoms with Crippen LogP contribution < -0.4 is 10.0 Å². The summed E-state index contributed by atoms with van der Waals surface area (Å²) in [5.74, 6) is 3.51. The quantitative estimate of drug-likeness (QED) is 0.754. The van der Waals surface area contributed by atoms with Gasteiger partial charge in [0.05, 0.1) is 6.04 Å². The molecule has 3 saturated carbocycles. The Balaban J connectivity index is 1.60. The van der Waals surface area contributed by atoms with Crippen LogP contribution in [0.15, 0.2) is 0 Å². The number of nitrogens with one attached hydrogen (secondary N) is 2. The molecule has 102 valence electrons. The van der Waals surface area contributed by atoms with Crippen LogP contribution in [0.4, 0.5) is 0 Å². The number of carbonyl (C=O) groups is 1. The summed E-state index contributed by atoms with van der Waals surface area (Å²) in [7, 11) is 0. The van der Waals surface area contributed by atoms with Crippen LogP contribution in [0.25, 0.3) is 0 Å². The molecule has 4 fully saturated rings. The number of amides is 1. The highest BCUT2D eigenvalue weighted by atomic mass is 32.2. The van der Waals surface area contributed by atoms with Crippen LogP contribution >= 0.6 is 11.9 Å². The maximum atomic E-state index is 12.2. The summed E-state index contributed by atoms with van der Waals surface area (Å²) < 4.78 is 3.20. The van der Waals surface area contributed by atoms with Crippen molar-refractivity contribution >= 4 is 17.9 Å². The van der Waals surface area contributed by atoms with Crippen molar-refractivity contribution in [1.82, 2.24) is 10.0 Å². The van der Waals surface area contributed by atoms with Gasteiger partial charge in [0.1, 0.15) is 0 Å². The summed E-state index contributed by atoms with van der Waals surface area (Å²) in [5, 5.41) is 3.29. The van der Waals surface area contributed by atoms with Gasteiger partial charge in [0.15, 0.2) is 0 Å². The first-order valence-electron chi connectivity index (χ1n) is 7.18. The number of carbonyl (C=O) groups excluding carboxylic acids is 1. The van der Waals surface area contributed by atoms with Crippen molar-refractivity contribution in [3.8, 4) is 0 Å². The van der Waals surface area contributed by atoms with Crippen molar-refractivity contribution in [3.05, 3.63) is 0 Å². The van der Waals surface area contributed by atoms with E-state index >= 15 is 0 Å². The molecule has 2 N–H and O–H groups in total. The summed E-state index contributed by atoms with van der Waals surface area (Å²) >= 11 is 1.67. The minimum absolute atomic E-state index is 0.0356. The minimum atomic E-state index is 0.0356. The summed E-state index contributed by atoms with van der Waals surface area (Å²) in [4.78, 5) is 12.2. The fourth-order valence-corrected chi connectivity index (χ4v) is 5.10. The Hall–Kier alpha value is -0.220. The predicted octanol–water partition coefficient (Wildman–Crippen LogP) is 2.18. The van der Waals surface area contributed by atoms with Crippen LogP contribution in [0.1, 0.15) is 40.0 Å². The van der Waals surface area contributed by atoms with E-state index < -0.39 is 0 Å². The van der Waals surface area contributed by atoms with Crippen LogP contribution in [-0.2, 0) is 4.79 Å². The standard InChI is InChI=1S/C14H24N2OS/c1-8-10-6-9(14(10,2)3)7-12(8)15-13(17)11-4-5-18-16-11/h8-12,16H,4-7H2,1-3H3,(H,15,17)/t8-,9+,10-,11?,12-/m0/s1. The first-order valence-corrected chi connectivity index (χ1v) is 8.16. The highest BCUT2D eigenvalue weighted by Gasteiger charge is 2.56. The SMILES string of the molecule is C[C@@H]1[C@@H](NC(=O)C2CCSN2)C[C@H]2C[C@@H]1C2(C)C. The minimum Gasteiger partial charge on any atom is -0.352 e. The highest BCUT2D eigenvalue weighted by molar-refractivity contribution is 7.97. The van der Waals surface area contributed by atoms with E-state index in [1.165, 1.54) is 12.8 Å². The van der Waals surface area contributed by atoms with E-state index in [0.29, 0.717) is 17.4 Å². The van der Waals surface area contributed by atoms with Gasteiger partial charge in [0.25, 0.3) is 0 Å². The Morgan fingerprint density at radius 2 is 2.17 bits per heavy atom. The molecule has 0 aromatic carbocycles. The van der Waals surface area contributed by atoms with E-state index in [-0.39, 0.29) is 11.9 Å². The molecule has 0 aromatic heterocycles. The van der Waals surface area contributed by atoms with Crippen molar-refractivity contribution in [2.45, 2.75) is 52.1 Å². The second-order valence-electron chi connectivity index (χ2n) is 6.88. The molecule has 0 spiro atoms. The van der Waals surface area contributed by atoms with E-state index in [0.717, 1.165) is 24.0 Å². The summed E-state index contributed by atoms with van der Waals surface area (Å²) in [5.41, 5.74) is 0.502. The van der Waals surface area contributed by atoms with Gasteiger partial charge in [0.2, 0.25) is 5.91 Å². The van der Waals surface area contributed by atoms with E-state index in [9.17, 15) is 4.79 Å². The molecule has 1 amide bonds. The normalized spacial score (nSPS) is 45.4. The highest BCUT2D eigenvalue weighted by Crippen LogP contribution is 2.61. The lowest BCUT2D eigenvalue weighted by Crippen LogP contribution is -2.61. The van der Waals surface area contributed by atoms with Gasteiger partial charge < -0.3 is 5.32 Å². The first-order chi connectivity index (χ1) is 8.50. The first kappa shape index (κ1) is 12.8. The molecule has 1 saturated heterocycles. The predicted molar refractivity (Wildman–Crippen MR) is 75.1 cm³/mol. The second-order valence-corrected chi connectivity index (χ2v) is 7.81. The van der Waals surface area contributed by atoms with Crippen molar-refractivity contribution in [3.63, 3.8) is 0 Å². The molecule has 1 heterocycles. The van der Waals surface area contributed by atoms with Gasteiger partial charge in [-0.3, -0.25) is 9.52 Å². The number of hydrogen-bond donors (Lipinski definition) is 2. The van der Waals surface area contributed by atoms with Gasteiger partial charge in [-0.15, -0.1) is 0 Å². The molecular formula is C14H24N2OS. The van der Waals surface area contributed by atoms with Gasteiger partial charge in [-0.25, -0.2) is 0 Å². The van der Waals surface area contributed by atoms with Gasteiger partial charge in [-0.2, -0.15) is 0 Å². The van der Waals surface area contributed by atoms with Gasteiger partial charge in [0, 0.05) is 11.8 Å². The Bertz CT molecular complexity index is 352. The Kier molecular flexibility index (Phi) is 3.14. The Morgan fingerprint density at radius 3 is 2.72 bits per heavy atom. The van der Waals surface area contributed by atoms with Crippen LogP contribution in [0.5, 0.6) is 0 Å². The molecule has 4 heteroatoms.